The van der Waals surface area contributed by atoms with Gasteiger partial charge in [-0.2, -0.15) is 0 Å². The van der Waals surface area contributed by atoms with Gasteiger partial charge >= 0.3 is 0 Å². The van der Waals surface area contributed by atoms with Crippen molar-refractivity contribution in [2.45, 2.75) is 45.3 Å². The van der Waals surface area contributed by atoms with Crippen LogP contribution in [0.2, 0.25) is 0 Å². The molecule has 1 fully saturated rings. The highest BCUT2D eigenvalue weighted by Gasteiger charge is 2.31. The molecule has 3 nitrogen and oxygen atoms in total. The smallest absolute Gasteiger partial charge is 0.123 e. The molecule has 2 heterocycles. The Morgan fingerprint density at radius 3 is 3.10 bits per heavy atom. The maximum atomic E-state index is 6.11. The first-order valence-electron chi connectivity index (χ1n) is 7.83. The highest BCUT2D eigenvalue weighted by atomic mass is 16.5. The number of hydrogen-bond donors (Lipinski definition) is 1. The zero-order chi connectivity index (χ0) is 13.9. The van der Waals surface area contributed by atoms with E-state index < -0.39 is 0 Å². The topological polar surface area (TPSA) is 30.5 Å². The molecule has 0 aliphatic carbocycles. The number of nitrogens with one attached hydrogen (secondary N) is 1. The lowest BCUT2D eigenvalue weighted by Crippen LogP contribution is -2.44. The van der Waals surface area contributed by atoms with E-state index in [4.69, 9.17) is 9.47 Å². The van der Waals surface area contributed by atoms with Crippen molar-refractivity contribution in [2.75, 3.05) is 19.8 Å². The molecule has 1 aromatic rings. The molecule has 110 valence electrons. The van der Waals surface area contributed by atoms with Crippen molar-refractivity contribution in [1.82, 2.24) is 5.32 Å². The van der Waals surface area contributed by atoms with Crippen molar-refractivity contribution < 1.29 is 9.47 Å². The van der Waals surface area contributed by atoms with Crippen LogP contribution in [-0.2, 0) is 11.2 Å². The molecule has 3 atom stereocenters. The molecule has 3 unspecified atom stereocenters. The quantitative estimate of drug-likeness (QED) is 0.916. The van der Waals surface area contributed by atoms with E-state index in [0.717, 1.165) is 44.8 Å². The summed E-state index contributed by atoms with van der Waals surface area (Å²) in [6.07, 6.45) is 3.58. The standard InChI is InChI=1S/C17H25NO2/c1-3-18-16-6-7-19-11-14(16)10-15-9-13-8-12(2)4-5-17(13)20-15/h4-5,8,14-16,18H,3,6-7,9-11H2,1-2H3. The third-order valence-corrected chi connectivity index (χ3v) is 4.46. The van der Waals surface area contributed by atoms with E-state index in [1.54, 1.807) is 0 Å². The van der Waals surface area contributed by atoms with E-state index in [1.165, 1.54) is 11.1 Å². The molecule has 0 amide bonds. The van der Waals surface area contributed by atoms with Crippen molar-refractivity contribution in [3.05, 3.63) is 29.3 Å². The Bertz CT molecular complexity index is 458. The summed E-state index contributed by atoms with van der Waals surface area (Å²) in [4.78, 5) is 0. The number of benzene rings is 1. The van der Waals surface area contributed by atoms with Crippen LogP contribution < -0.4 is 10.1 Å². The first-order valence-corrected chi connectivity index (χ1v) is 7.83. The van der Waals surface area contributed by atoms with Crippen LogP contribution in [0.5, 0.6) is 5.75 Å². The van der Waals surface area contributed by atoms with Gasteiger partial charge in [0.05, 0.1) is 6.61 Å². The SMILES string of the molecule is CCNC1CCOCC1CC1Cc2cc(C)ccc2O1. The third-order valence-electron chi connectivity index (χ3n) is 4.46. The molecule has 0 aromatic heterocycles. The van der Waals surface area contributed by atoms with E-state index in [1.807, 2.05) is 0 Å². The average molecular weight is 275 g/mol. The zero-order valence-electron chi connectivity index (χ0n) is 12.5. The Morgan fingerprint density at radius 1 is 1.35 bits per heavy atom. The van der Waals surface area contributed by atoms with E-state index in [0.29, 0.717) is 18.1 Å². The van der Waals surface area contributed by atoms with Crippen LogP contribution in [0.3, 0.4) is 0 Å². The van der Waals surface area contributed by atoms with Crippen LogP contribution in [0.25, 0.3) is 0 Å². The summed E-state index contributed by atoms with van der Waals surface area (Å²) in [5, 5.41) is 3.60. The van der Waals surface area contributed by atoms with E-state index in [2.05, 4.69) is 37.4 Å². The Kier molecular flexibility index (Phi) is 4.27. The van der Waals surface area contributed by atoms with Gasteiger partial charge in [0.1, 0.15) is 11.9 Å². The summed E-state index contributed by atoms with van der Waals surface area (Å²) in [6.45, 7) is 7.11. The van der Waals surface area contributed by atoms with Gasteiger partial charge in [-0.3, -0.25) is 0 Å². The lowest BCUT2D eigenvalue weighted by molar-refractivity contribution is 0.0155. The molecule has 20 heavy (non-hydrogen) atoms. The van der Waals surface area contributed by atoms with Gasteiger partial charge in [0.2, 0.25) is 0 Å². The Labute approximate surface area is 121 Å². The first kappa shape index (κ1) is 13.9. The van der Waals surface area contributed by atoms with Crippen LogP contribution in [0.4, 0.5) is 0 Å². The van der Waals surface area contributed by atoms with Crippen LogP contribution in [0, 0.1) is 12.8 Å². The van der Waals surface area contributed by atoms with Crippen LogP contribution in [-0.4, -0.2) is 31.9 Å². The summed E-state index contributed by atoms with van der Waals surface area (Å²) < 4.78 is 11.8. The van der Waals surface area contributed by atoms with Gasteiger partial charge < -0.3 is 14.8 Å². The molecule has 0 saturated carbocycles. The molecule has 0 spiro atoms. The highest BCUT2D eigenvalue weighted by molar-refractivity contribution is 5.40. The minimum Gasteiger partial charge on any atom is -0.490 e. The van der Waals surface area contributed by atoms with E-state index >= 15 is 0 Å². The van der Waals surface area contributed by atoms with E-state index in [-0.39, 0.29) is 0 Å². The number of fused-ring (bicyclic) bond motifs is 1. The maximum Gasteiger partial charge on any atom is 0.123 e. The molecule has 0 bridgehead atoms. The summed E-state index contributed by atoms with van der Waals surface area (Å²) >= 11 is 0. The third kappa shape index (κ3) is 2.99. The molecule has 2 aliphatic rings. The molecular formula is C17H25NO2. The van der Waals surface area contributed by atoms with Crippen LogP contribution in [0.1, 0.15) is 30.9 Å². The Balaban J connectivity index is 1.61. The largest absolute Gasteiger partial charge is 0.490 e. The van der Waals surface area contributed by atoms with Gasteiger partial charge in [0, 0.05) is 25.0 Å². The lowest BCUT2D eigenvalue weighted by atomic mass is 9.89. The molecule has 1 saturated heterocycles. The molecule has 1 N–H and O–H groups in total. The van der Waals surface area contributed by atoms with Crippen molar-refractivity contribution >= 4 is 0 Å². The average Bonchev–Trinajstić information content (AvgIpc) is 2.82. The monoisotopic (exact) mass is 275 g/mol. The van der Waals surface area contributed by atoms with Gasteiger partial charge in [0.25, 0.3) is 0 Å². The molecule has 3 heteroatoms. The fourth-order valence-corrected chi connectivity index (χ4v) is 3.48. The van der Waals surface area contributed by atoms with Crippen LogP contribution >= 0.6 is 0 Å². The predicted molar refractivity (Wildman–Crippen MR) is 80.3 cm³/mol. The molecular weight excluding hydrogens is 250 g/mol. The van der Waals surface area contributed by atoms with Gasteiger partial charge in [-0.25, -0.2) is 0 Å². The van der Waals surface area contributed by atoms with Crippen molar-refractivity contribution in [3.8, 4) is 5.75 Å². The number of rotatable bonds is 4. The van der Waals surface area contributed by atoms with Crippen molar-refractivity contribution in [2.24, 2.45) is 5.92 Å². The van der Waals surface area contributed by atoms with Crippen molar-refractivity contribution in [1.29, 1.82) is 0 Å². The van der Waals surface area contributed by atoms with Gasteiger partial charge in [-0.15, -0.1) is 0 Å². The summed E-state index contributed by atoms with van der Waals surface area (Å²) in [5.41, 5.74) is 2.69. The fraction of sp³-hybridized carbons (Fsp3) is 0.647. The second-order valence-electron chi connectivity index (χ2n) is 6.08. The second-order valence-corrected chi connectivity index (χ2v) is 6.08. The molecule has 2 aliphatic heterocycles. The van der Waals surface area contributed by atoms with E-state index in [9.17, 15) is 0 Å². The normalized spacial score (nSPS) is 29.0. The summed E-state index contributed by atoms with van der Waals surface area (Å²) in [6, 6.07) is 7.09. The zero-order valence-corrected chi connectivity index (χ0v) is 12.5. The Morgan fingerprint density at radius 2 is 2.25 bits per heavy atom. The number of hydrogen-bond acceptors (Lipinski definition) is 3. The predicted octanol–water partition coefficient (Wildman–Crippen LogP) is 2.70. The minimum absolute atomic E-state index is 0.319. The van der Waals surface area contributed by atoms with Gasteiger partial charge in [0.15, 0.2) is 0 Å². The highest BCUT2D eigenvalue weighted by Crippen LogP contribution is 2.33. The fourth-order valence-electron chi connectivity index (χ4n) is 3.48. The minimum atomic E-state index is 0.319. The second kappa shape index (κ2) is 6.15. The number of aryl methyl sites for hydroxylation is 1. The maximum absolute atomic E-state index is 6.11. The van der Waals surface area contributed by atoms with Gasteiger partial charge in [-0.05, 0) is 37.9 Å². The lowest BCUT2D eigenvalue weighted by Gasteiger charge is -2.33. The van der Waals surface area contributed by atoms with Gasteiger partial charge in [-0.1, -0.05) is 24.6 Å². The first-order chi connectivity index (χ1) is 9.76. The van der Waals surface area contributed by atoms with Crippen molar-refractivity contribution in [3.63, 3.8) is 0 Å². The Hall–Kier alpha value is -1.06. The molecule has 1 aromatic carbocycles. The molecule has 0 radical (unpaired) electrons. The summed E-state index contributed by atoms with van der Waals surface area (Å²) in [5.74, 6) is 1.65. The molecule has 3 rings (SSSR count). The summed E-state index contributed by atoms with van der Waals surface area (Å²) in [7, 11) is 0. The van der Waals surface area contributed by atoms with Crippen LogP contribution in [0.15, 0.2) is 18.2 Å². The number of ether oxygens (including phenoxy) is 2.